The summed E-state index contributed by atoms with van der Waals surface area (Å²) in [6, 6.07) is 11.5. The van der Waals surface area contributed by atoms with Gasteiger partial charge in [-0.1, -0.05) is 12.1 Å². The number of hydrogen-bond acceptors (Lipinski definition) is 3. The van der Waals surface area contributed by atoms with Crippen molar-refractivity contribution < 1.29 is 13.9 Å². The molecule has 0 atom stereocenters. The molecule has 22 heavy (non-hydrogen) atoms. The van der Waals surface area contributed by atoms with E-state index >= 15 is 0 Å². The van der Waals surface area contributed by atoms with E-state index in [2.05, 4.69) is 0 Å². The fourth-order valence-electron chi connectivity index (χ4n) is 2.54. The molecular formula is C17H17FN2O2. The molecule has 0 spiro atoms. The summed E-state index contributed by atoms with van der Waals surface area (Å²) in [4.78, 5) is 13.5. The summed E-state index contributed by atoms with van der Waals surface area (Å²) >= 11 is 0. The number of ether oxygens (including phenoxy) is 1. The molecule has 0 bridgehead atoms. The highest BCUT2D eigenvalue weighted by atomic mass is 19.1. The molecule has 1 aliphatic heterocycles. The molecule has 2 aromatic carbocycles. The van der Waals surface area contributed by atoms with E-state index in [1.807, 2.05) is 6.07 Å². The molecule has 0 radical (unpaired) electrons. The van der Waals surface area contributed by atoms with Crippen molar-refractivity contribution in [2.45, 2.75) is 19.4 Å². The molecule has 3 rings (SSSR count). The van der Waals surface area contributed by atoms with E-state index < -0.39 is 0 Å². The summed E-state index contributed by atoms with van der Waals surface area (Å²) in [6.07, 6.45) is 1.45. The average Bonchev–Trinajstić information content (AvgIpc) is 2.92. The first-order valence-electron chi connectivity index (χ1n) is 7.20. The second-order valence-corrected chi connectivity index (χ2v) is 5.29. The summed E-state index contributed by atoms with van der Waals surface area (Å²) in [7, 11) is 0. The van der Waals surface area contributed by atoms with Gasteiger partial charge in [0.05, 0.1) is 5.69 Å². The van der Waals surface area contributed by atoms with Crippen molar-refractivity contribution in [2.24, 2.45) is 0 Å². The van der Waals surface area contributed by atoms with Crippen LogP contribution < -0.4 is 15.4 Å². The monoisotopic (exact) mass is 300 g/mol. The first-order chi connectivity index (χ1) is 10.6. The average molecular weight is 300 g/mol. The van der Waals surface area contributed by atoms with Crippen LogP contribution in [0.3, 0.4) is 0 Å². The van der Waals surface area contributed by atoms with Crippen LogP contribution in [-0.2, 0) is 11.4 Å². The quantitative estimate of drug-likeness (QED) is 0.883. The van der Waals surface area contributed by atoms with Gasteiger partial charge in [0.25, 0.3) is 0 Å². The van der Waals surface area contributed by atoms with Crippen LogP contribution in [0.2, 0.25) is 0 Å². The standard InChI is InChI=1S/C17H17FN2O2/c18-13-4-1-3-12(9-13)11-22-16-7-6-14(10-15(16)19)20-8-2-5-17(20)21/h1,3-4,6-7,9-10H,2,5,8,11,19H2. The van der Waals surface area contributed by atoms with Crippen LogP contribution in [-0.4, -0.2) is 12.5 Å². The molecule has 114 valence electrons. The lowest BCUT2D eigenvalue weighted by molar-refractivity contribution is -0.117. The highest BCUT2D eigenvalue weighted by molar-refractivity contribution is 5.95. The Hall–Kier alpha value is -2.56. The van der Waals surface area contributed by atoms with Crippen LogP contribution in [0.15, 0.2) is 42.5 Å². The van der Waals surface area contributed by atoms with Crippen molar-refractivity contribution in [3.05, 3.63) is 53.8 Å². The van der Waals surface area contributed by atoms with Crippen LogP contribution in [0, 0.1) is 5.82 Å². The van der Waals surface area contributed by atoms with Gasteiger partial charge in [0.15, 0.2) is 0 Å². The number of carbonyl (C=O) groups is 1. The van der Waals surface area contributed by atoms with Crippen molar-refractivity contribution in [3.63, 3.8) is 0 Å². The number of nitrogen functional groups attached to an aromatic ring is 1. The Balaban J connectivity index is 1.71. The molecule has 0 aromatic heterocycles. The van der Waals surface area contributed by atoms with E-state index in [-0.39, 0.29) is 18.3 Å². The summed E-state index contributed by atoms with van der Waals surface area (Å²) in [5.74, 6) is 0.351. The Bertz CT molecular complexity index is 703. The lowest BCUT2D eigenvalue weighted by Gasteiger charge is -2.17. The van der Waals surface area contributed by atoms with Gasteiger partial charge in [-0.2, -0.15) is 0 Å². The minimum atomic E-state index is -0.294. The molecule has 1 fully saturated rings. The molecule has 4 nitrogen and oxygen atoms in total. The molecule has 1 aliphatic rings. The largest absolute Gasteiger partial charge is 0.487 e. The second kappa shape index (κ2) is 6.05. The van der Waals surface area contributed by atoms with E-state index in [9.17, 15) is 9.18 Å². The maximum Gasteiger partial charge on any atom is 0.227 e. The Morgan fingerprint density at radius 2 is 2.09 bits per heavy atom. The zero-order valence-corrected chi connectivity index (χ0v) is 12.1. The van der Waals surface area contributed by atoms with Crippen molar-refractivity contribution in [1.82, 2.24) is 0 Å². The lowest BCUT2D eigenvalue weighted by atomic mass is 10.2. The molecule has 5 heteroatoms. The normalized spacial score (nSPS) is 14.4. The molecule has 2 N–H and O–H groups in total. The minimum absolute atomic E-state index is 0.118. The minimum Gasteiger partial charge on any atom is -0.487 e. The predicted octanol–water partition coefficient (Wildman–Crippen LogP) is 3.11. The fourth-order valence-corrected chi connectivity index (χ4v) is 2.54. The van der Waals surface area contributed by atoms with E-state index in [4.69, 9.17) is 10.5 Å². The Labute approximate surface area is 128 Å². The van der Waals surface area contributed by atoms with Gasteiger partial charge >= 0.3 is 0 Å². The molecule has 1 amide bonds. The number of benzene rings is 2. The second-order valence-electron chi connectivity index (χ2n) is 5.29. The maximum atomic E-state index is 13.1. The molecule has 0 aliphatic carbocycles. The van der Waals surface area contributed by atoms with Crippen LogP contribution in [0.25, 0.3) is 0 Å². The van der Waals surface area contributed by atoms with Crippen molar-refractivity contribution >= 4 is 17.3 Å². The topological polar surface area (TPSA) is 55.6 Å². The number of halogens is 1. The number of rotatable bonds is 4. The molecule has 2 aromatic rings. The Morgan fingerprint density at radius 3 is 2.77 bits per heavy atom. The van der Waals surface area contributed by atoms with E-state index in [0.29, 0.717) is 17.9 Å². The SMILES string of the molecule is Nc1cc(N2CCCC2=O)ccc1OCc1cccc(F)c1. The van der Waals surface area contributed by atoms with Gasteiger partial charge in [0.2, 0.25) is 5.91 Å². The third-order valence-electron chi connectivity index (χ3n) is 3.66. The molecule has 1 saturated heterocycles. The van der Waals surface area contributed by atoms with Crippen LogP contribution in [0.5, 0.6) is 5.75 Å². The Morgan fingerprint density at radius 1 is 1.23 bits per heavy atom. The summed E-state index contributed by atoms with van der Waals surface area (Å²) in [5.41, 5.74) is 7.98. The van der Waals surface area contributed by atoms with Gasteiger partial charge in [0.1, 0.15) is 18.2 Å². The fraction of sp³-hybridized carbons (Fsp3) is 0.235. The highest BCUT2D eigenvalue weighted by Gasteiger charge is 2.22. The lowest BCUT2D eigenvalue weighted by Crippen LogP contribution is -2.23. The Kier molecular flexibility index (Phi) is 3.96. The van der Waals surface area contributed by atoms with E-state index in [1.165, 1.54) is 12.1 Å². The summed E-state index contributed by atoms with van der Waals surface area (Å²) < 4.78 is 18.7. The number of amides is 1. The summed E-state index contributed by atoms with van der Waals surface area (Å²) in [5, 5.41) is 0. The van der Waals surface area contributed by atoms with Gasteiger partial charge in [0, 0.05) is 18.7 Å². The first-order valence-corrected chi connectivity index (χ1v) is 7.20. The van der Waals surface area contributed by atoms with Crippen molar-refractivity contribution in [3.8, 4) is 5.75 Å². The van der Waals surface area contributed by atoms with E-state index in [1.54, 1.807) is 29.2 Å². The van der Waals surface area contributed by atoms with Crippen LogP contribution in [0.4, 0.5) is 15.8 Å². The predicted molar refractivity (Wildman–Crippen MR) is 83.2 cm³/mol. The van der Waals surface area contributed by atoms with Crippen molar-refractivity contribution in [1.29, 1.82) is 0 Å². The van der Waals surface area contributed by atoms with Crippen LogP contribution in [0.1, 0.15) is 18.4 Å². The van der Waals surface area contributed by atoms with Gasteiger partial charge in [-0.3, -0.25) is 4.79 Å². The van der Waals surface area contributed by atoms with Crippen molar-refractivity contribution in [2.75, 3.05) is 17.2 Å². The number of nitrogens with zero attached hydrogens (tertiary/aromatic N) is 1. The van der Waals surface area contributed by atoms with E-state index in [0.717, 1.165) is 24.2 Å². The molecular weight excluding hydrogens is 283 g/mol. The number of anilines is 2. The van der Waals surface area contributed by atoms with Gasteiger partial charge in [-0.05, 0) is 42.3 Å². The number of nitrogens with two attached hydrogens (primary N) is 1. The van der Waals surface area contributed by atoms with Gasteiger partial charge < -0.3 is 15.4 Å². The smallest absolute Gasteiger partial charge is 0.227 e. The van der Waals surface area contributed by atoms with Gasteiger partial charge in [-0.15, -0.1) is 0 Å². The maximum absolute atomic E-state index is 13.1. The molecule has 1 heterocycles. The molecule has 0 unspecified atom stereocenters. The molecule has 0 saturated carbocycles. The zero-order valence-electron chi connectivity index (χ0n) is 12.1. The third-order valence-corrected chi connectivity index (χ3v) is 3.66. The zero-order chi connectivity index (χ0) is 15.5. The number of hydrogen-bond donors (Lipinski definition) is 1. The first kappa shape index (κ1) is 14.4. The highest BCUT2D eigenvalue weighted by Crippen LogP contribution is 2.30. The third kappa shape index (κ3) is 3.03. The number of carbonyl (C=O) groups excluding carboxylic acids is 1. The van der Waals surface area contributed by atoms with Crippen LogP contribution >= 0.6 is 0 Å². The summed E-state index contributed by atoms with van der Waals surface area (Å²) in [6.45, 7) is 0.964. The van der Waals surface area contributed by atoms with Gasteiger partial charge in [-0.25, -0.2) is 4.39 Å².